The lowest BCUT2D eigenvalue weighted by Crippen LogP contribution is -2.25. The number of benzene rings is 1. The quantitative estimate of drug-likeness (QED) is 0.585. The first-order valence-corrected chi connectivity index (χ1v) is 8.25. The molecule has 0 fully saturated rings. The van der Waals surface area contributed by atoms with E-state index in [2.05, 4.69) is 16.6 Å². The molecule has 21 heavy (non-hydrogen) atoms. The van der Waals surface area contributed by atoms with Crippen molar-refractivity contribution in [1.82, 2.24) is 4.72 Å². The second kappa shape index (κ2) is 9.03. The van der Waals surface area contributed by atoms with Gasteiger partial charge in [-0.3, -0.25) is 0 Å². The van der Waals surface area contributed by atoms with Crippen molar-refractivity contribution < 1.29 is 18.3 Å². The summed E-state index contributed by atoms with van der Waals surface area (Å²) < 4.78 is 31.6. The number of hydrogen-bond donors (Lipinski definition) is 2. The van der Waals surface area contributed by atoms with Crippen LogP contribution in [0.25, 0.3) is 0 Å². The molecule has 0 saturated carbocycles. The van der Waals surface area contributed by atoms with Crippen molar-refractivity contribution in [3.05, 3.63) is 28.8 Å². The minimum absolute atomic E-state index is 0.0189. The Labute approximate surface area is 130 Å². The Balaban J connectivity index is 2.74. The topological polar surface area (TPSA) is 75.6 Å². The number of unbranched alkanes of at least 4 members (excludes halogenated alkanes) is 1. The smallest absolute Gasteiger partial charge is 0.242 e. The number of aliphatic hydroxyl groups excluding tert-OH is 1. The normalized spacial score (nSPS) is 11.0. The minimum Gasteiger partial charge on any atom is -0.385 e. The highest BCUT2D eigenvalue weighted by atomic mass is 35.5. The maximum absolute atomic E-state index is 12.1. The van der Waals surface area contributed by atoms with Gasteiger partial charge in [0.2, 0.25) is 10.0 Å². The zero-order valence-corrected chi connectivity index (χ0v) is 13.3. The number of aliphatic hydroxyl groups is 1. The van der Waals surface area contributed by atoms with Crippen molar-refractivity contribution >= 4 is 21.6 Å². The Hall–Kier alpha value is -1.10. The molecule has 0 aliphatic carbocycles. The summed E-state index contributed by atoms with van der Waals surface area (Å²) in [7, 11) is -2.03. The highest BCUT2D eigenvalue weighted by Crippen LogP contribution is 2.22. The van der Waals surface area contributed by atoms with Crippen molar-refractivity contribution in [2.24, 2.45) is 0 Å². The summed E-state index contributed by atoms with van der Waals surface area (Å²) in [6, 6.07) is 4.42. The van der Waals surface area contributed by atoms with Gasteiger partial charge in [-0.2, -0.15) is 0 Å². The molecule has 7 heteroatoms. The van der Waals surface area contributed by atoms with Crippen LogP contribution in [0.4, 0.5) is 0 Å². The maximum atomic E-state index is 12.1. The van der Waals surface area contributed by atoms with E-state index in [4.69, 9.17) is 21.4 Å². The Morgan fingerprint density at radius 3 is 2.76 bits per heavy atom. The van der Waals surface area contributed by atoms with Crippen LogP contribution in [0.15, 0.2) is 23.1 Å². The van der Waals surface area contributed by atoms with Gasteiger partial charge in [-0.15, -0.1) is 0 Å². The Morgan fingerprint density at radius 2 is 2.14 bits per heavy atom. The van der Waals surface area contributed by atoms with Gasteiger partial charge >= 0.3 is 0 Å². The number of halogens is 1. The predicted octanol–water partition coefficient (Wildman–Crippen LogP) is 1.39. The van der Waals surface area contributed by atoms with Gasteiger partial charge in [0.25, 0.3) is 0 Å². The molecular weight excluding hydrogens is 314 g/mol. The molecule has 0 aliphatic heterocycles. The van der Waals surface area contributed by atoms with Gasteiger partial charge in [0.1, 0.15) is 11.5 Å². The summed E-state index contributed by atoms with van der Waals surface area (Å²) in [4.78, 5) is 0.0189. The van der Waals surface area contributed by atoms with Crippen LogP contribution in [-0.2, 0) is 14.8 Å². The van der Waals surface area contributed by atoms with Crippen LogP contribution in [0.1, 0.15) is 18.4 Å². The highest BCUT2D eigenvalue weighted by Gasteiger charge is 2.17. The largest absolute Gasteiger partial charge is 0.385 e. The molecule has 0 radical (unpaired) electrons. The van der Waals surface area contributed by atoms with Gasteiger partial charge < -0.3 is 9.84 Å². The predicted molar refractivity (Wildman–Crippen MR) is 81.7 cm³/mol. The molecule has 0 saturated heterocycles. The fourth-order valence-electron chi connectivity index (χ4n) is 1.59. The second-order valence-corrected chi connectivity index (χ2v) is 6.35. The number of ether oxygens (including phenoxy) is 1. The molecule has 0 atom stereocenters. The average Bonchev–Trinajstić information content (AvgIpc) is 2.44. The van der Waals surface area contributed by atoms with Gasteiger partial charge in [-0.1, -0.05) is 23.4 Å². The SMILES string of the molecule is COCCCCNS(=O)(=O)c1ccc(C#CCO)cc1Cl. The van der Waals surface area contributed by atoms with Crippen molar-refractivity contribution in [2.45, 2.75) is 17.7 Å². The molecule has 0 aromatic heterocycles. The van der Waals surface area contributed by atoms with Gasteiger partial charge in [0.05, 0.1) is 5.02 Å². The minimum atomic E-state index is -3.64. The molecule has 1 rings (SSSR count). The highest BCUT2D eigenvalue weighted by molar-refractivity contribution is 7.89. The third-order valence-electron chi connectivity index (χ3n) is 2.60. The average molecular weight is 332 g/mol. The number of rotatable bonds is 7. The Morgan fingerprint density at radius 1 is 1.38 bits per heavy atom. The monoisotopic (exact) mass is 331 g/mol. The molecule has 0 unspecified atom stereocenters. The molecule has 1 aromatic carbocycles. The molecule has 116 valence electrons. The molecule has 2 N–H and O–H groups in total. The lowest BCUT2D eigenvalue weighted by atomic mass is 10.2. The standard InChI is InChI=1S/C14H18ClNO4S/c1-20-10-3-2-8-16-21(18,19)14-7-6-12(5-4-9-17)11-13(14)15/h6-7,11,16-17H,2-3,8-10H2,1H3. The number of hydrogen-bond acceptors (Lipinski definition) is 4. The fraction of sp³-hybridized carbons (Fsp3) is 0.429. The Kier molecular flexibility index (Phi) is 7.72. The van der Waals surface area contributed by atoms with Crippen molar-refractivity contribution in [3.63, 3.8) is 0 Å². The van der Waals surface area contributed by atoms with E-state index < -0.39 is 10.0 Å². The summed E-state index contributed by atoms with van der Waals surface area (Å²) in [6.45, 7) is 0.662. The molecule has 0 amide bonds. The lowest BCUT2D eigenvalue weighted by Gasteiger charge is -2.08. The van der Waals surface area contributed by atoms with Gasteiger partial charge in [0.15, 0.2) is 0 Å². The van der Waals surface area contributed by atoms with E-state index in [0.717, 1.165) is 6.42 Å². The molecule has 0 spiro atoms. The van der Waals surface area contributed by atoms with Crippen LogP contribution in [0, 0.1) is 11.8 Å². The van der Waals surface area contributed by atoms with E-state index in [1.807, 2.05) is 0 Å². The van der Waals surface area contributed by atoms with Crippen LogP contribution in [0.3, 0.4) is 0 Å². The zero-order chi connectivity index (χ0) is 15.7. The van der Waals surface area contributed by atoms with Crippen molar-refractivity contribution in [2.75, 3.05) is 26.9 Å². The zero-order valence-electron chi connectivity index (χ0n) is 11.7. The molecule has 1 aromatic rings. The third-order valence-corrected chi connectivity index (χ3v) is 4.54. The molecular formula is C14H18ClNO4S. The first-order chi connectivity index (χ1) is 10.0. The Bertz CT molecular complexity index is 620. The van der Waals surface area contributed by atoms with E-state index >= 15 is 0 Å². The summed E-state index contributed by atoms with van der Waals surface area (Å²) in [5.74, 6) is 5.14. The number of methoxy groups -OCH3 is 1. The molecule has 5 nitrogen and oxygen atoms in total. The van der Waals surface area contributed by atoms with Crippen LogP contribution < -0.4 is 4.72 Å². The van der Waals surface area contributed by atoms with E-state index in [0.29, 0.717) is 25.1 Å². The number of nitrogens with one attached hydrogen (secondary N) is 1. The summed E-state index contributed by atoms with van der Waals surface area (Å²) in [5.41, 5.74) is 0.549. The fourth-order valence-corrected chi connectivity index (χ4v) is 3.21. The summed E-state index contributed by atoms with van der Waals surface area (Å²) >= 11 is 5.99. The van der Waals surface area contributed by atoms with Crippen LogP contribution in [0.5, 0.6) is 0 Å². The first-order valence-electron chi connectivity index (χ1n) is 6.39. The van der Waals surface area contributed by atoms with Crippen LogP contribution in [0.2, 0.25) is 5.02 Å². The van der Waals surface area contributed by atoms with Gasteiger partial charge in [0, 0.05) is 25.8 Å². The summed E-state index contributed by atoms with van der Waals surface area (Å²) in [5, 5.41) is 8.72. The van der Waals surface area contributed by atoms with Gasteiger partial charge in [-0.05, 0) is 31.0 Å². The van der Waals surface area contributed by atoms with Crippen LogP contribution >= 0.6 is 11.6 Å². The van der Waals surface area contributed by atoms with E-state index in [-0.39, 0.29) is 16.5 Å². The molecule has 0 bridgehead atoms. The van der Waals surface area contributed by atoms with Crippen LogP contribution in [-0.4, -0.2) is 40.4 Å². The van der Waals surface area contributed by atoms with Crippen molar-refractivity contribution in [1.29, 1.82) is 0 Å². The molecule has 0 heterocycles. The number of sulfonamides is 1. The van der Waals surface area contributed by atoms with E-state index in [1.54, 1.807) is 13.2 Å². The second-order valence-electron chi connectivity index (χ2n) is 4.20. The van der Waals surface area contributed by atoms with Crippen molar-refractivity contribution in [3.8, 4) is 11.8 Å². The summed E-state index contributed by atoms with van der Waals surface area (Å²) in [6.07, 6.45) is 1.47. The lowest BCUT2D eigenvalue weighted by molar-refractivity contribution is 0.193. The third kappa shape index (κ3) is 6.04. The maximum Gasteiger partial charge on any atom is 0.242 e. The van der Waals surface area contributed by atoms with Gasteiger partial charge in [-0.25, -0.2) is 13.1 Å². The molecule has 0 aliphatic rings. The van der Waals surface area contributed by atoms with E-state index in [1.165, 1.54) is 12.1 Å². The first kappa shape index (κ1) is 18.0. The van der Waals surface area contributed by atoms with E-state index in [9.17, 15) is 8.42 Å².